The number of hydrogen-bond donors (Lipinski definition) is 1. The second kappa shape index (κ2) is 6.60. The van der Waals surface area contributed by atoms with Crippen LogP contribution in [0.25, 0.3) is 0 Å². The standard InChI is InChI=1S/C15H28N2O2/c1-11-6-8-13(9-7-11)17(3)15(18)16-12(2)14-5-4-10-19-14/h11-14H,4-10H2,1-3H3,(H,16,18). The van der Waals surface area contributed by atoms with Crippen LogP contribution in [0.1, 0.15) is 52.4 Å². The normalized spacial score (nSPS) is 32.9. The zero-order chi connectivity index (χ0) is 13.8. The molecule has 4 nitrogen and oxygen atoms in total. The Bertz CT molecular complexity index is 295. The molecule has 1 heterocycles. The smallest absolute Gasteiger partial charge is 0.317 e. The van der Waals surface area contributed by atoms with Crippen LogP contribution in [0.2, 0.25) is 0 Å². The first kappa shape index (κ1) is 14.6. The fourth-order valence-electron chi connectivity index (χ4n) is 3.18. The molecule has 0 spiro atoms. The molecule has 2 unspecified atom stereocenters. The minimum absolute atomic E-state index is 0.0579. The lowest BCUT2D eigenvalue weighted by molar-refractivity contribution is 0.0816. The quantitative estimate of drug-likeness (QED) is 0.855. The van der Waals surface area contributed by atoms with Crippen LogP contribution in [-0.4, -0.2) is 42.8 Å². The van der Waals surface area contributed by atoms with Crippen LogP contribution in [0, 0.1) is 5.92 Å². The van der Waals surface area contributed by atoms with E-state index in [1.807, 2.05) is 18.9 Å². The van der Waals surface area contributed by atoms with Gasteiger partial charge in [-0.1, -0.05) is 6.92 Å². The third-order valence-electron chi connectivity index (χ3n) is 4.73. The Morgan fingerprint density at radius 3 is 2.53 bits per heavy atom. The van der Waals surface area contributed by atoms with Gasteiger partial charge in [0.05, 0.1) is 12.1 Å². The van der Waals surface area contributed by atoms with E-state index in [0.29, 0.717) is 6.04 Å². The molecule has 2 rings (SSSR count). The number of urea groups is 1. The maximum absolute atomic E-state index is 12.3. The van der Waals surface area contributed by atoms with Crippen molar-refractivity contribution >= 4 is 6.03 Å². The van der Waals surface area contributed by atoms with Crippen LogP contribution >= 0.6 is 0 Å². The number of nitrogens with one attached hydrogen (secondary N) is 1. The number of hydrogen-bond acceptors (Lipinski definition) is 2. The van der Waals surface area contributed by atoms with Crippen molar-refractivity contribution in [3.8, 4) is 0 Å². The van der Waals surface area contributed by atoms with Gasteiger partial charge in [-0.25, -0.2) is 4.79 Å². The van der Waals surface area contributed by atoms with Gasteiger partial charge in [-0.15, -0.1) is 0 Å². The van der Waals surface area contributed by atoms with E-state index >= 15 is 0 Å². The predicted molar refractivity (Wildman–Crippen MR) is 76.2 cm³/mol. The SMILES string of the molecule is CC1CCC(N(C)C(=O)NC(C)C2CCCO2)CC1. The van der Waals surface area contributed by atoms with Crippen LogP contribution in [0.15, 0.2) is 0 Å². The first-order chi connectivity index (χ1) is 9.08. The van der Waals surface area contributed by atoms with Crippen molar-refractivity contribution in [1.29, 1.82) is 0 Å². The summed E-state index contributed by atoms with van der Waals surface area (Å²) >= 11 is 0. The molecule has 0 bridgehead atoms. The summed E-state index contributed by atoms with van der Waals surface area (Å²) in [6.45, 7) is 5.18. The van der Waals surface area contributed by atoms with Crippen LogP contribution in [-0.2, 0) is 4.74 Å². The zero-order valence-corrected chi connectivity index (χ0v) is 12.5. The number of carbonyl (C=O) groups excluding carboxylic acids is 1. The summed E-state index contributed by atoms with van der Waals surface area (Å²) in [4.78, 5) is 14.2. The molecule has 1 saturated carbocycles. The van der Waals surface area contributed by atoms with Gasteiger partial charge in [0.1, 0.15) is 0 Å². The van der Waals surface area contributed by atoms with E-state index < -0.39 is 0 Å². The molecule has 1 saturated heterocycles. The Balaban J connectivity index is 1.78. The number of amides is 2. The summed E-state index contributed by atoms with van der Waals surface area (Å²) in [5.74, 6) is 0.818. The third-order valence-corrected chi connectivity index (χ3v) is 4.73. The van der Waals surface area contributed by atoms with E-state index in [1.54, 1.807) is 0 Å². The van der Waals surface area contributed by atoms with Crippen LogP contribution in [0.5, 0.6) is 0 Å². The molecule has 2 atom stereocenters. The molecule has 0 aromatic heterocycles. The van der Waals surface area contributed by atoms with Crippen molar-refractivity contribution in [3.05, 3.63) is 0 Å². The Labute approximate surface area is 116 Å². The van der Waals surface area contributed by atoms with Crippen molar-refractivity contribution in [2.24, 2.45) is 5.92 Å². The minimum atomic E-state index is 0.0579. The van der Waals surface area contributed by atoms with Gasteiger partial charge >= 0.3 is 6.03 Å². The number of rotatable bonds is 3. The molecule has 0 aromatic rings. The highest BCUT2D eigenvalue weighted by molar-refractivity contribution is 5.74. The van der Waals surface area contributed by atoms with Gasteiger partial charge in [0.2, 0.25) is 0 Å². The Kier molecular flexibility index (Phi) is 5.08. The molecule has 2 amide bonds. The summed E-state index contributed by atoms with van der Waals surface area (Å²) < 4.78 is 5.62. The Morgan fingerprint density at radius 2 is 1.95 bits per heavy atom. The molecule has 0 radical (unpaired) electrons. The van der Waals surface area contributed by atoms with E-state index in [4.69, 9.17) is 4.74 Å². The summed E-state index contributed by atoms with van der Waals surface area (Å²) in [6, 6.07) is 0.579. The largest absolute Gasteiger partial charge is 0.376 e. The maximum Gasteiger partial charge on any atom is 0.317 e. The fourth-order valence-corrected chi connectivity index (χ4v) is 3.18. The third kappa shape index (κ3) is 3.85. The first-order valence-electron chi connectivity index (χ1n) is 7.73. The monoisotopic (exact) mass is 268 g/mol. The van der Waals surface area contributed by atoms with Gasteiger partial charge in [-0.3, -0.25) is 0 Å². The summed E-state index contributed by atoms with van der Waals surface area (Å²) in [7, 11) is 1.93. The van der Waals surface area contributed by atoms with Gasteiger partial charge < -0.3 is 15.0 Å². The van der Waals surface area contributed by atoms with Crippen molar-refractivity contribution in [2.45, 2.75) is 70.6 Å². The maximum atomic E-state index is 12.3. The molecular weight excluding hydrogens is 240 g/mol. The molecule has 19 heavy (non-hydrogen) atoms. The topological polar surface area (TPSA) is 41.6 Å². The first-order valence-corrected chi connectivity index (χ1v) is 7.73. The van der Waals surface area contributed by atoms with Crippen LogP contribution in [0.4, 0.5) is 4.79 Å². The molecule has 1 aliphatic carbocycles. The summed E-state index contributed by atoms with van der Waals surface area (Å²) in [5, 5.41) is 3.09. The van der Waals surface area contributed by atoms with Gasteiger partial charge in [0.15, 0.2) is 0 Å². The molecule has 110 valence electrons. The molecule has 1 aliphatic heterocycles. The number of nitrogens with zero attached hydrogens (tertiary/aromatic N) is 1. The van der Waals surface area contributed by atoms with Gasteiger partial charge in [-0.05, 0) is 51.4 Å². The van der Waals surface area contributed by atoms with Crippen LogP contribution < -0.4 is 5.32 Å². The van der Waals surface area contributed by atoms with Gasteiger partial charge in [0.25, 0.3) is 0 Å². The van der Waals surface area contributed by atoms with Crippen LogP contribution in [0.3, 0.4) is 0 Å². The minimum Gasteiger partial charge on any atom is -0.376 e. The Hall–Kier alpha value is -0.770. The van der Waals surface area contributed by atoms with Crippen molar-refractivity contribution in [3.63, 3.8) is 0 Å². The average molecular weight is 268 g/mol. The lowest BCUT2D eigenvalue weighted by atomic mass is 9.87. The molecule has 2 aliphatic rings. The second-order valence-electron chi connectivity index (χ2n) is 6.31. The Morgan fingerprint density at radius 1 is 1.26 bits per heavy atom. The molecule has 1 N–H and O–H groups in total. The highest BCUT2D eigenvalue weighted by Crippen LogP contribution is 2.26. The van der Waals surface area contributed by atoms with Crippen molar-refractivity contribution in [2.75, 3.05) is 13.7 Å². The summed E-state index contributed by atoms with van der Waals surface area (Å²) in [6.07, 6.45) is 7.13. The van der Waals surface area contributed by atoms with Gasteiger partial charge in [0, 0.05) is 19.7 Å². The lowest BCUT2D eigenvalue weighted by Gasteiger charge is -2.34. The van der Waals surface area contributed by atoms with Crippen molar-refractivity contribution < 1.29 is 9.53 Å². The van der Waals surface area contributed by atoms with E-state index in [0.717, 1.165) is 38.2 Å². The molecule has 2 fully saturated rings. The highest BCUT2D eigenvalue weighted by atomic mass is 16.5. The zero-order valence-electron chi connectivity index (χ0n) is 12.5. The van der Waals surface area contributed by atoms with E-state index in [9.17, 15) is 4.79 Å². The predicted octanol–water partition coefficient (Wildman–Crippen LogP) is 2.77. The van der Waals surface area contributed by atoms with Crippen molar-refractivity contribution in [1.82, 2.24) is 10.2 Å². The van der Waals surface area contributed by atoms with Gasteiger partial charge in [-0.2, -0.15) is 0 Å². The lowest BCUT2D eigenvalue weighted by Crippen LogP contribution is -2.50. The second-order valence-corrected chi connectivity index (χ2v) is 6.31. The van der Waals surface area contributed by atoms with E-state index in [-0.39, 0.29) is 18.2 Å². The highest BCUT2D eigenvalue weighted by Gasteiger charge is 2.28. The number of carbonyl (C=O) groups is 1. The molecular formula is C15H28N2O2. The molecule has 4 heteroatoms. The average Bonchev–Trinajstić information content (AvgIpc) is 2.92. The van der Waals surface area contributed by atoms with E-state index in [2.05, 4.69) is 12.2 Å². The van der Waals surface area contributed by atoms with E-state index in [1.165, 1.54) is 12.8 Å². The summed E-state index contributed by atoms with van der Waals surface area (Å²) in [5.41, 5.74) is 0. The number of ether oxygens (including phenoxy) is 1. The molecule has 0 aromatic carbocycles. The fraction of sp³-hybridized carbons (Fsp3) is 0.933.